The van der Waals surface area contributed by atoms with E-state index in [4.69, 9.17) is 16.3 Å². The quantitative estimate of drug-likeness (QED) is 0.871. The number of nitriles is 1. The Labute approximate surface area is 115 Å². The van der Waals surface area contributed by atoms with Crippen LogP contribution >= 0.6 is 11.6 Å². The minimum atomic E-state index is -0.553. The first-order valence-corrected chi connectivity index (χ1v) is 6.36. The Hall–Kier alpha value is -1.99. The molecule has 4 nitrogen and oxygen atoms in total. The zero-order valence-corrected chi connectivity index (χ0v) is 11.2. The molecular weight excluding hydrogens is 264 g/mol. The molecule has 2 aromatic rings. The number of rotatable bonds is 4. The van der Waals surface area contributed by atoms with Crippen LogP contribution in [0.15, 0.2) is 24.3 Å². The summed E-state index contributed by atoms with van der Waals surface area (Å²) in [6, 6.07) is 9.42. The number of carbonyl (C=O) groups excluding carboxylic acids is 1. The van der Waals surface area contributed by atoms with E-state index >= 15 is 0 Å². The van der Waals surface area contributed by atoms with Crippen LogP contribution in [-0.2, 0) is 9.53 Å². The SMILES string of the molecule is CCOC(=O)CC(C#N)c1cc2c(Cl)cccc2[nH]1. The van der Waals surface area contributed by atoms with Gasteiger partial charge in [0, 0.05) is 21.6 Å². The molecule has 1 aromatic heterocycles. The number of aromatic amines is 1. The first kappa shape index (κ1) is 13.4. The molecule has 0 saturated heterocycles. The van der Waals surface area contributed by atoms with Crippen LogP contribution < -0.4 is 0 Å². The van der Waals surface area contributed by atoms with Crippen molar-refractivity contribution < 1.29 is 9.53 Å². The van der Waals surface area contributed by atoms with Gasteiger partial charge in [-0.2, -0.15) is 5.26 Å². The molecule has 0 saturated carbocycles. The Bertz CT molecular complexity index is 642. The number of aromatic nitrogens is 1. The van der Waals surface area contributed by atoms with Crippen molar-refractivity contribution in [3.8, 4) is 6.07 Å². The van der Waals surface area contributed by atoms with Crippen LogP contribution in [0.5, 0.6) is 0 Å². The fourth-order valence-corrected chi connectivity index (χ4v) is 2.17. The number of halogens is 1. The average molecular weight is 277 g/mol. The number of H-pyrrole nitrogens is 1. The van der Waals surface area contributed by atoms with Crippen molar-refractivity contribution in [1.82, 2.24) is 4.98 Å². The average Bonchev–Trinajstić information content (AvgIpc) is 2.81. The molecule has 0 amide bonds. The first-order valence-electron chi connectivity index (χ1n) is 5.98. The summed E-state index contributed by atoms with van der Waals surface area (Å²) in [7, 11) is 0. The monoisotopic (exact) mass is 276 g/mol. The molecule has 2 rings (SSSR count). The number of nitrogens with zero attached hydrogens (tertiary/aromatic N) is 1. The summed E-state index contributed by atoms with van der Waals surface area (Å²) >= 11 is 6.08. The van der Waals surface area contributed by atoms with Gasteiger partial charge in [-0.25, -0.2) is 0 Å². The summed E-state index contributed by atoms with van der Waals surface area (Å²) in [4.78, 5) is 14.6. The lowest BCUT2D eigenvalue weighted by atomic mass is 10.0. The molecule has 0 aliphatic carbocycles. The molecule has 19 heavy (non-hydrogen) atoms. The lowest BCUT2D eigenvalue weighted by Crippen LogP contribution is -2.09. The summed E-state index contributed by atoms with van der Waals surface area (Å²) < 4.78 is 4.86. The smallest absolute Gasteiger partial charge is 0.307 e. The van der Waals surface area contributed by atoms with E-state index in [1.165, 1.54) is 0 Å². The van der Waals surface area contributed by atoms with Crippen molar-refractivity contribution in [1.29, 1.82) is 5.26 Å². The molecular formula is C14H13ClN2O2. The van der Waals surface area contributed by atoms with Gasteiger partial charge in [0.15, 0.2) is 0 Å². The highest BCUT2D eigenvalue weighted by Crippen LogP contribution is 2.28. The highest BCUT2D eigenvalue weighted by Gasteiger charge is 2.18. The van der Waals surface area contributed by atoms with Crippen LogP contribution in [0.1, 0.15) is 25.0 Å². The van der Waals surface area contributed by atoms with Crippen LogP contribution in [0.2, 0.25) is 5.02 Å². The molecule has 1 atom stereocenters. The van der Waals surface area contributed by atoms with Gasteiger partial charge in [0.25, 0.3) is 0 Å². The van der Waals surface area contributed by atoms with Gasteiger partial charge in [-0.15, -0.1) is 0 Å². The second-order valence-corrected chi connectivity index (χ2v) is 4.52. The topological polar surface area (TPSA) is 65.9 Å². The predicted molar refractivity (Wildman–Crippen MR) is 72.9 cm³/mol. The molecule has 0 aliphatic heterocycles. The van der Waals surface area contributed by atoms with Gasteiger partial charge in [0.2, 0.25) is 0 Å². The lowest BCUT2D eigenvalue weighted by Gasteiger charge is -2.06. The summed E-state index contributed by atoms with van der Waals surface area (Å²) in [6.45, 7) is 2.05. The summed E-state index contributed by atoms with van der Waals surface area (Å²) in [6.07, 6.45) is 0.0365. The Kier molecular flexibility index (Phi) is 4.08. The zero-order valence-electron chi connectivity index (χ0n) is 10.4. The Morgan fingerprint density at radius 3 is 3.00 bits per heavy atom. The van der Waals surface area contributed by atoms with Gasteiger partial charge in [0.1, 0.15) is 0 Å². The van der Waals surface area contributed by atoms with Crippen molar-refractivity contribution >= 4 is 28.5 Å². The van der Waals surface area contributed by atoms with Crippen molar-refractivity contribution in [3.63, 3.8) is 0 Å². The molecule has 0 bridgehead atoms. The molecule has 0 aliphatic rings. The van der Waals surface area contributed by atoms with E-state index in [9.17, 15) is 10.1 Å². The van der Waals surface area contributed by atoms with Gasteiger partial charge >= 0.3 is 5.97 Å². The molecule has 1 aromatic carbocycles. The highest BCUT2D eigenvalue weighted by atomic mass is 35.5. The number of hydrogen-bond donors (Lipinski definition) is 1. The third-order valence-corrected chi connectivity index (χ3v) is 3.17. The van der Waals surface area contributed by atoms with Crippen LogP contribution in [0.3, 0.4) is 0 Å². The number of ether oxygens (including phenoxy) is 1. The van der Waals surface area contributed by atoms with Crippen molar-refractivity contribution in [2.75, 3.05) is 6.61 Å². The molecule has 0 spiro atoms. The lowest BCUT2D eigenvalue weighted by molar-refractivity contribution is -0.143. The van der Waals surface area contributed by atoms with Gasteiger partial charge in [-0.05, 0) is 25.1 Å². The number of fused-ring (bicyclic) bond motifs is 1. The Morgan fingerprint density at radius 1 is 1.58 bits per heavy atom. The van der Waals surface area contributed by atoms with Crippen molar-refractivity contribution in [2.45, 2.75) is 19.3 Å². The number of esters is 1. The maximum absolute atomic E-state index is 11.5. The van der Waals surface area contributed by atoms with Crippen molar-refractivity contribution in [3.05, 3.63) is 35.0 Å². The third-order valence-electron chi connectivity index (χ3n) is 2.84. The molecule has 0 fully saturated rings. The Balaban J connectivity index is 2.29. The van der Waals surface area contributed by atoms with E-state index in [1.54, 1.807) is 13.0 Å². The summed E-state index contributed by atoms with van der Waals surface area (Å²) in [5, 5.41) is 10.6. The minimum absolute atomic E-state index is 0.0365. The minimum Gasteiger partial charge on any atom is -0.466 e. The maximum atomic E-state index is 11.5. The van der Waals surface area contributed by atoms with E-state index in [0.29, 0.717) is 17.3 Å². The van der Waals surface area contributed by atoms with Crippen LogP contribution in [0.4, 0.5) is 0 Å². The number of nitrogens with one attached hydrogen (secondary N) is 1. The fraction of sp³-hybridized carbons (Fsp3) is 0.286. The fourth-order valence-electron chi connectivity index (χ4n) is 1.94. The van der Waals surface area contributed by atoms with E-state index < -0.39 is 5.92 Å². The number of carbonyl (C=O) groups is 1. The number of benzene rings is 1. The molecule has 5 heteroatoms. The van der Waals surface area contributed by atoms with E-state index in [2.05, 4.69) is 11.1 Å². The van der Waals surface area contributed by atoms with Crippen molar-refractivity contribution in [2.24, 2.45) is 0 Å². The second kappa shape index (κ2) is 5.77. The molecule has 1 N–H and O–H groups in total. The number of hydrogen-bond acceptors (Lipinski definition) is 3. The summed E-state index contributed by atoms with van der Waals surface area (Å²) in [5.41, 5.74) is 1.53. The molecule has 1 unspecified atom stereocenters. The summed E-state index contributed by atoms with van der Waals surface area (Å²) in [5.74, 6) is -0.929. The van der Waals surface area contributed by atoms with Gasteiger partial charge in [0.05, 0.1) is 25.0 Å². The molecule has 0 radical (unpaired) electrons. The second-order valence-electron chi connectivity index (χ2n) is 4.12. The van der Waals surface area contributed by atoms with Crippen LogP contribution in [0.25, 0.3) is 10.9 Å². The largest absolute Gasteiger partial charge is 0.466 e. The van der Waals surface area contributed by atoms with Gasteiger partial charge in [-0.3, -0.25) is 4.79 Å². The first-order chi connectivity index (χ1) is 9.15. The highest BCUT2D eigenvalue weighted by molar-refractivity contribution is 6.35. The van der Waals surface area contributed by atoms with Gasteiger partial charge < -0.3 is 9.72 Å². The third kappa shape index (κ3) is 2.88. The molecule has 98 valence electrons. The molecule has 1 heterocycles. The van der Waals surface area contributed by atoms with E-state index in [-0.39, 0.29) is 12.4 Å². The van der Waals surface area contributed by atoms with Crippen LogP contribution in [-0.4, -0.2) is 17.6 Å². The maximum Gasteiger partial charge on any atom is 0.307 e. The van der Waals surface area contributed by atoms with E-state index in [0.717, 1.165) is 10.9 Å². The van der Waals surface area contributed by atoms with Crippen LogP contribution in [0, 0.1) is 11.3 Å². The standard InChI is InChI=1S/C14H13ClN2O2/c1-2-19-14(18)6-9(8-16)13-7-10-11(15)4-3-5-12(10)17-13/h3-5,7,9,17H,2,6H2,1H3. The Morgan fingerprint density at radius 2 is 2.37 bits per heavy atom. The van der Waals surface area contributed by atoms with E-state index in [1.807, 2.05) is 18.2 Å². The van der Waals surface area contributed by atoms with Gasteiger partial charge in [-0.1, -0.05) is 17.7 Å². The predicted octanol–water partition coefficient (Wildman–Crippen LogP) is 3.38. The zero-order chi connectivity index (χ0) is 13.8. The normalized spacial score (nSPS) is 12.1.